The summed E-state index contributed by atoms with van der Waals surface area (Å²) in [4.78, 5) is 4.36. The van der Waals surface area contributed by atoms with E-state index < -0.39 is 0 Å². The lowest BCUT2D eigenvalue weighted by Gasteiger charge is -2.05. The van der Waals surface area contributed by atoms with Crippen LogP contribution in [0.2, 0.25) is 0 Å². The molecule has 1 aliphatic heterocycles. The van der Waals surface area contributed by atoms with Gasteiger partial charge in [-0.2, -0.15) is 21.4 Å². The lowest BCUT2D eigenvalue weighted by Crippen LogP contribution is -2.03. The van der Waals surface area contributed by atoms with E-state index in [1.54, 1.807) is 16.8 Å². The van der Waals surface area contributed by atoms with E-state index in [2.05, 4.69) is 10.1 Å². The van der Waals surface area contributed by atoms with E-state index in [1.165, 1.54) is 23.5 Å². The van der Waals surface area contributed by atoms with Crippen molar-refractivity contribution in [3.8, 4) is 0 Å². The molecule has 5 heteroatoms. The molecule has 0 bridgehead atoms. The fraction of sp³-hybridized carbons (Fsp3) is 0.455. The Morgan fingerprint density at radius 3 is 3.31 bits per heavy atom. The molecule has 0 amide bonds. The van der Waals surface area contributed by atoms with Gasteiger partial charge in [0.1, 0.15) is 5.82 Å². The largest absolute Gasteiger partial charge is 0.384 e. The number of nitrogens with zero attached hydrogens (tertiary/aromatic N) is 3. The van der Waals surface area contributed by atoms with Gasteiger partial charge in [0.05, 0.1) is 6.20 Å². The third kappa shape index (κ3) is 1.65. The molecular weight excluding hydrogens is 220 g/mol. The minimum absolute atomic E-state index is 0.650. The molecule has 2 N–H and O–H groups in total. The first kappa shape index (κ1) is 9.96. The van der Waals surface area contributed by atoms with E-state index in [0.29, 0.717) is 5.82 Å². The molecule has 3 rings (SSSR count). The van der Waals surface area contributed by atoms with Gasteiger partial charge in [0.15, 0.2) is 5.65 Å². The van der Waals surface area contributed by atoms with Gasteiger partial charge in [0.2, 0.25) is 0 Å². The highest BCUT2D eigenvalue weighted by atomic mass is 32.2. The van der Waals surface area contributed by atoms with E-state index >= 15 is 0 Å². The van der Waals surface area contributed by atoms with Crippen LogP contribution in [-0.2, 0) is 6.42 Å². The van der Waals surface area contributed by atoms with Crippen molar-refractivity contribution in [3.05, 3.63) is 24.0 Å². The number of thioether (sulfide) groups is 1. The molecule has 1 saturated heterocycles. The molecule has 0 aromatic carbocycles. The van der Waals surface area contributed by atoms with E-state index in [9.17, 15) is 0 Å². The summed E-state index contributed by atoms with van der Waals surface area (Å²) in [6, 6.07) is 1.77. The molecule has 1 atom stereocenters. The van der Waals surface area contributed by atoms with Crippen LogP contribution >= 0.6 is 11.8 Å². The van der Waals surface area contributed by atoms with Crippen molar-refractivity contribution >= 4 is 23.2 Å². The monoisotopic (exact) mass is 234 g/mol. The Kier molecular flexibility index (Phi) is 2.47. The first-order valence-corrected chi connectivity index (χ1v) is 6.65. The molecule has 0 radical (unpaired) electrons. The van der Waals surface area contributed by atoms with Crippen LogP contribution in [0.3, 0.4) is 0 Å². The summed E-state index contributed by atoms with van der Waals surface area (Å²) >= 11 is 2.04. The van der Waals surface area contributed by atoms with Crippen LogP contribution in [-0.4, -0.2) is 26.1 Å². The average Bonchev–Trinajstić information content (AvgIpc) is 2.90. The highest BCUT2D eigenvalue weighted by Gasteiger charge is 2.18. The Morgan fingerprint density at radius 2 is 2.50 bits per heavy atom. The van der Waals surface area contributed by atoms with Crippen molar-refractivity contribution < 1.29 is 0 Å². The van der Waals surface area contributed by atoms with Gasteiger partial charge in [0.25, 0.3) is 0 Å². The van der Waals surface area contributed by atoms with Crippen molar-refractivity contribution in [3.63, 3.8) is 0 Å². The molecule has 0 aliphatic carbocycles. The predicted octanol–water partition coefficient (Wildman–Crippen LogP) is 1.61. The highest BCUT2D eigenvalue weighted by Crippen LogP contribution is 2.27. The van der Waals surface area contributed by atoms with Crippen molar-refractivity contribution in [2.24, 2.45) is 5.92 Å². The second-order valence-corrected chi connectivity index (χ2v) is 5.36. The number of nitrogen functional groups attached to an aromatic ring is 1. The fourth-order valence-electron chi connectivity index (χ4n) is 2.16. The number of hydrogen-bond donors (Lipinski definition) is 1. The summed E-state index contributed by atoms with van der Waals surface area (Å²) < 4.78 is 1.72. The van der Waals surface area contributed by atoms with Crippen molar-refractivity contribution in [2.75, 3.05) is 17.2 Å². The SMILES string of the molecule is Nc1ccnc2c(CC3CCSC3)cnn12. The zero-order chi connectivity index (χ0) is 11.0. The van der Waals surface area contributed by atoms with Gasteiger partial charge in [0, 0.05) is 11.8 Å². The molecule has 0 spiro atoms. The van der Waals surface area contributed by atoms with Gasteiger partial charge < -0.3 is 5.73 Å². The van der Waals surface area contributed by atoms with Crippen molar-refractivity contribution in [1.29, 1.82) is 0 Å². The maximum atomic E-state index is 5.83. The molecule has 1 aliphatic rings. The topological polar surface area (TPSA) is 56.2 Å². The fourth-order valence-corrected chi connectivity index (χ4v) is 3.44. The number of nitrogens with two attached hydrogens (primary N) is 1. The molecule has 2 aromatic rings. The van der Waals surface area contributed by atoms with E-state index in [-0.39, 0.29) is 0 Å². The molecular formula is C11H14N4S. The van der Waals surface area contributed by atoms with Crippen LogP contribution < -0.4 is 5.73 Å². The van der Waals surface area contributed by atoms with Crippen molar-refractivity contribution in [1.82, 2.24) is 14.6 Å². The zero-order valence-corrected chi connectivity index (χ0v) is 9.78. The Bertz CT molecular complexity index is 502. The first-order valence-electron chi connectivity index (χ1n) is 5.49. The average molecular weight is 234 g/mol. The molecule has 16 heavy (non-hydrogen) atoms. The predicted molar refractivity (Wildman–Crippen MR) is 66.5 cm³/mol. The number of aromatic nitrogens is 3. The third-order valence-electron chi connectivity index (χ3n) is 3.04. The molecule has 4 nitrogen and oxygen atoms in total. The van der Waals surface area contributed by atoms with E-state index in [0.717, 1.165) is 18.0 Å². The lowest BCUT2D eigenvalue weighted by atomic mass is 10.0. The third-order valence-corrected chi connectivity index (χ3v) is 4.27. The maximum absolute atomic E-state index is 5.83. The summed E-state index contributed by atoms with van der Waals surface area (Å²) in [5.41, 5.74) is 7.97. The quantitative estimate of drug-likeness (QED) is 0.857. The number of fused-ring (bicyclic) bond motifs is 1. The summed E-state index contributed by atoms with van der Waals surface area (Å²) in [5, 5.41) is 4.28. The summed E-state index contributed by atoms with van der Waals surface area (Å²) in [6.07, 6.45) is 6.04. The molecule has 0 saturated carbocycles. The molecule has 3 heterocycles. The van der Waals surface area contributed by atoms with Gasteiger partial charge in [-0.1, -0.05) is 0 Å². The smallest absolute Gasteiger partial charge is 0.160 e. The summed E-state index contributed by atoms with van der Waals surface area (Å²) in [6.45, 7) is 0. The minimum Gasteiger partial charge on any atom is -0.384 e. The highest BCUT2D eigenvalue weighted by molar-refractivity contribution is 7.99. The first-order chi connectivity index (χ1) is 7.84. The Morgan fingerprint density at radius 1 is 1.56 bits per heavy atom. The summed E-state index contributed by atoms with van der Waals surface area (Å²) in [5.74, 6) is 3.98. The van der Waals surface area contributed by atoms with Gasteiger partial charge in [-0.15, -0.1) is 0 Å². The van der Waals surface area contributed by atoms with E-state index in [4.69, 9.17) is 5.73 Å². The van der Waals surface area contributed by atoms with Gasteiger partial charge in [-0.25, -0.2) is 4.98 Å². The number of anilines is 1. The van der Waals surface area contributed by atoms with Crippen LogP contribution in [0.1, 0.15) is 12.0 Å². The Labute approximate surface area is 98.2 Å². The minimum atomic E-state index is 0.650. The van der Waals surface area contributed by atoms with Crippen LogP contribution in [0, 0.1) is 5.92 Å². The normalized spacial score (nSPS) is 20.6. The van der Waals surface area contributed by atoms with Crippen molar-refractivity contribution in [2.45, 2.75) is 12.8 Å². The lowest BCUT2D eigenvalue weighted by molar-refractivity contribution is 0.597. The second kappa shape index (κ2) is 3.97. The standard InChI is InChI=1S/C11H14N4S/c12-10-1-3-13-11-9(6-14-15(10)11)5-8-2-4-16-7-8/h1,3,6,8H,2,4-5,7,12H2. The van der Waals surface area contributed by atoms with Crippen LogP contribution in [0.4, 0.5) is 5.82 Å². The van der Waals surface area contributed by atoms with Crippen LogP contribution in [0.5, 0.6) is 0 Å². The number of hydrogen-bond acceptors (Lipinski definition) is 4. The molecule has 2 aromatic heterocycles. The van der Waals surface area contributed by atoms with Gasteiger partial charge in [-0.3, -0.25) is 0 Å². The van der Waals surface area contributed by atoms with Crippen LogP contribution in [0.25, 0.3) is 5.65 Å². The van der Waals surface area contributed by atoms with Gasteiger partial charge in [-0.05, 0) is 36.3 Å². The Hall–Kier alpha value is -1.23. The van der Waals surface area contributed by atoms with Gasteiger partial charge >= 0.3 is 0 Å². The number of rotatable bonds is 2. The maximum Gasteiger partial charge on any atom is 0.160 e. The second-order valence-electron chi connectivity index (χ2n) is 4.21. The van der Waals surface area contributed by atoms with Crippen LogP contribution in [0.15, 0.2) is 18.5 Å². The molecule has 1 fully saturated rings. The molecule has 84 valence electrons. The molecule has 1 unspecified atom stereocenters. The Balaban J connectivity index is 1.94. The summed E-state index contributed by atoms with van der Waals surface area (Å²) in [7, 11) is 0. The van der Waals surface area contributed by atoms with E-state index in [1.807, 2.05) is 18.0 Å². The zero-order valence-electron chi connectivity index (χ0n) is 8.97.